The van der Waals surface area contributed by atoms with E-state index in [2.05, 4.69) is 21.6 Å². The van der Waals surface area contributed by atoms with Crippen LogP contribution < -0.4 is 5.32 Å². The second-order valence-corrected chi connectivity index (χ2v) is 9.78. The number of sulfonamides is 1. The Hall–Kier alpha value is -2.91. The average molecular weight is 443 g/mol. The fraction of sp³-hybridized carbons (Fsp3) is 0.364. The molecule has 3 aromatic rings. The van der Waals surface area contributed by atoms with E-state index in [0.717, 1.165) is 16.7 Å². The van der Waals surface area contributed by atoms with Crippen LogP contribution in [0.15, 0.2) is 52.1 Å². The Bertz CT molecular complexity index is 1160. The molecule has 1 aliphatic rings. The number of carbonyl (C=O) groups is 1. The van der Waals surface area contributed by atoms with Crippen molar-refractivity contribution in [1.82, 2.24) is 19.8 Å². The number of aromatic amines is 1. The molecule has 9 heteroatoms. The van der Waals surface area contributed by atoms with E-state index in [0.29, 0.717) is 30.8 Å². The van der Waals surface area contributed by atoms with Crippen molar-refractivity contribution < 1.29 is 17.6 Å². The molecular weight excluding hydrogens is 416 g/mol. The zero-order valence-corrected chi connectivity index (χ0v) is 18.4. The molecule has 2 N–H and O–H groups in total. The van der Waals surface area contributed by atoms with E-state index in [9.17, 15) is 13.2 Å². The summed E-state index contributed by atoms with van der Waals surface area (Å²) in [7, 11) is -3.75. The average Bonchev–Trinajstić information content (AvgIpc) is 3.46. The number of hydrogen-bond donors (Lipinski definition) is 2. The lowest BCUT2D eigenvalue weighted by molar-refractivity contribution is -0.126. The molecule has 1 amide bonds. The molecule has 1 aromatic carbocycles. The minimum absolute atomic E-state index is 0.0301. The largest absolute Gasteiger partial charge is 0.442 e. The third-order valence-corrected chi connectivity index (χ3v) is 7.50. The van der Waals surface area contributed by atoms with Gasteiger partial charge in [0.15, 0.2) is 5.76 Å². The molecule has 0 aliphatic carbocycles. The predicted octanol–water partition coefficient (Wildman–Crippen LogP) is 3.00. The lowest BCUT2D eigenvalue weighted by Crippen LogP contribution is -2.42. The molecule has 1 saturated heterocycles. The van der Waals surface area contributed by atoms with E-state index < -0.39 is 10.0 Å². The molecule has 8 nitrogen and oxygen atoms in total. The van der Waals surface area contributed by atoms with E-state index >= 15 is 0 Å². The van der Waals surface area contributed by atoms with Crippen molar-refractivity contribution in [2.75, 3.05) is 13.1 Å². The number of aromatic nitrogens is 2. The molecule has 0 bridgehead atoms. The number of hydrogen-bond acceptors (Lipinski definition) is 5. The molecule has 164 valence electrons. The molecule has 2 aromatic heterocycles. The van der Waals surface area contributed by atoms with Crippen LogP contribution in [0.2, 0.25) is 0 Å². The SMILES string of the molecule is Cc1ccc(C)c(CNC(=O)C2CCN(S(=O)(=O)c3ccc(-c4ccn[nH]4)o3)CC2)c1. The Morgan fingerprint density at radius 1 is 1.19 bits per heavy atom. The monoisotopic (exact) mass is 442 g/mol. The summed E-state index contributed by atoms with van der Waals surface area (Å²) in [5, 5.41) is 9.50. The topological polar surface area (TPSA) is 108 Å². The minimum Gasteiger partial charge on any atom is -0.442 e. The molecule has 31 heavy (non-hydrogen) atoms. The highest BCUT2D eigenvalue weighted by Crippen LogP contribution is 2.28. The van der Waals surface area contributed by atoms with Gasteiger partial charge in [0.25, 0.3) is 10.0 Å². The zero-order valence-electron chi connectivity index (χ0n) is 17.6. The van der Waals surface area contributed by atoms with Crippen LogP contribution in [0.1, 0.15) is 29.5 Å². The Labute approximate surface area is 181 Å². The summed E-state index contributed by atoms with van der Waals surface area (Å²) < 4.78 is 32.8. The lowest BCUT2D eigenvalue weighted by atomic mass is 9.97. The summed E-state index contributed by atoms with van der Waals surface area (Å²) in [6.45, 7) is 5.09. The Kier molecular flexibility index (Phi) is 5.97. The first-order valence-electron chi connectivity index (χ1n) is 10.3. The van der Waals surface area contributed by atoms with E-state index in [1.54, 1.807) is 18.3 Å². The van der Waals surface area contributed by atoms with Crippen molar-refractivity contribution in [1.29, 1.82) is 0 Å². The molecule has 4 rings (SSSR count). The van der Waals surface area contributed by atoms with Crippen molar-refractivity contribution >= 4 is 15.9 Å². The van der Waals surface area contributed by atoms with Crippen molar-refractivity contribution in [3.63, 3.8) is 0 Å². The van der Waals surface area contributed by atoms with E-state index in [1.807, 2.05) is 26.0 Å². The van der Waals surface area contributed by atoms with Gasteiger partial charge < -0.3 is 9.73 Å². The summed E-state index contributed by atoms with van der Waals surface area (Å²) >= 11 is 0. The fourth-order valence-corrected chi connectivity index (χ4v) is 5.18. The lowest BCUT2D eigenvalue weighted by Gasteiger charge is -2.29. The number of furan rings is 1. The molecule has 1 aliphatic heterocycles. The standard InChI is InChI=1S/C22H26N4O4S/c1-15-3-4-16(2)18(13-15)14-23-22(27)17-8-11-26(12-9-17)31(28,29)21-6-5-20(30-21)19-7-10-24-25-19/h3-7,10,13,17H,8-9,11-12,14H2,1-2H3,(H,23,27)(H,24,25). The molecule has 0 unspecified atom stereocenters. The fourth-order valence-electron chi connectivity index (χ4n) is 3.80. The van der Waals surface area contributed by atoms with Gasteiger partial charge in [0.1, 0.15) is 5.69 Å². The first-order valence-corrected chi connectivity index (χ1v) is 11.7. The predicted molar refractivity (Wildman–Crippen MR) is 116 cm³/mol. The number of H-pyrrole nitrogens is 1. The molecular formula is C22H26N4O4S. The second kappa shape index (κ2) is 8.68. The summed E-state index contributed by atoms with van der Waals surface area (Å²) in [5.74, 6) is 0.183. The van der Waals surface area contributed by atoms with Gasteiger partial charge in [-0.2, -0.15) is 9.40 Å². The summed E-state index contributed by atoms with van der Waals surface area (Å²) in [6.07, 6.45) is 2.53. The van der Waals surface area contributed by atoms with Gasteiger partial charge in [0.05, 0.1) is 0 Å². The summed E-state index contributed by atoms with van der Waals surface area (Å²) in [5.41, 5.74) is 4.00. The third kappa shape index (κ3) is 4.57. The van der Waals surface area contributed by atoms with Crippen molar-refractivity contribution in [2.45, 2.75) is 38.3 Å². The van der Waals surface area contributed by atoms with Crippen molar-refractivity contribution in [3.8, 4) is 11.5 Å². The number of nitrogens with zero attached hydrogens (tertiary/aromatic N) is 2. The Balaban J connectivity index is 1.34. The number of aryl methyl sites for hydroxylation is 2. The molecule has 0 saturated carbocycles. The van der Waals surface area contributed by atoms with Crippen LogP contribution in [0, 0.1) is 19.8 Å². The molecule has 3 heterocycles. The van der Waals surface area contributed by atoms with Crippen LogP contribution in [0.4, 0.5) is 0 Å². The first-order chi connectivity index (χ1) is 14.8. The number of piperidine rings is 1. The third-order valence-electron chi connectivity index (χ3n) is 5.72. The highest BCUT2D eigenvalue weighted by molar-refractivity contribution is 7.89. The number of rotatable bonds is 6. The van der Waals surface area contributed by atoms with Gasteiger partial charge in [-0.15, -0.1) is 0 Å². The van der Waals surface area contributed by atoms with Crippen molar-refractivity contribution in [2.24, 2.45) is 5.92 Å². The normalized spacial score (nSPS) is 15.8. The molecule has 0 radical (unpaired) electrons. The maximum atomic E-state index is 12.9. The van der Waals surface area contributed by atoms with E-state index in [1.165, 1.54) is 10.4 Å². The van der Waals surface area contributed by atoms with Gasteiger partial charge >= 0.3 is 0 Å². The van der Waals surface area contributed by atoms with Crippen LogP contribution in [-0.4, -0.2) is 41.9 Å². The highest BCUT2D eigenvalue weighted by atomic mass is 32.2. The number of nitrogens with one attached hydrogen (secondary N) is 2. The molecule has 1 fully saturated rings. The minimum atomic E-state index is -3.75. The number of amides is 1. The van der Waals surface area contributed by atoms with Gasteiger partial charge in [0, 0.05) is 31.7 Å². The maximum Gasteiger partial charge on any atom is 0.276 e. The van der Waals surface area contributed by atoms with Gasteiger partial charge in [-0.3, -0.25) is 9.89 Å². The van der Waals surface area contributed by atoms with Gasteiger partial charge in [-0.25, -0.2) is 8.42 Å². The molecule has 0 spiro atoms. The van der Waals surface area contributed by atoms with Crippen LogP contribution in [-0.2, 0) is 21.4 Å². The second-order valence-electron chi connectivity index (χ2n) is 7.92. The van der Waals surface area contributed by atoms with Gasteiger partial charge in [-0.05, 0) is 56.0 Å². The van der Waals surface area contributed by atoms with Gasteiger partial charge in [0.2, 0.25) is 11.0 Å². The quantitative estimate of drug-likeness (QED) is 0.610. The Morgan fingerprint density at radius 2 is 1.97 bits per heavy atom. The number of carbonyl (C=O) groups excluding carboxylic acids is 1. The smallest absolute Gasteiger partial charge is 0.276 e. The highest BCUT2D eigenvalue weighted by Gasteiger charge is 2.34. The zero-order chi connectivity index (χ0) is 22.0. The molecule has 0 atom stereocenters. The number of benzene rings is 1. The summed E-state index contributed by atoms with van der Waals surface area (Å²) in [4.78, 5) is 12.6. The van der Waals surface area contributed by atoms with E-state index in [4.69, 9.17) is 4.42 Å². The summed E-state index contributed by atoms with van der Waals surface area (Å²) in [6, 6.07) is 10.9. The van der Waals surface area contributed by atoms with Crippen LogP contribution in [0.25, 0.3) is 11.5 Å². The van der Waals surface area contributed by atoms with Crippen molar-refractivity contribution in [3.05, 3.63) is 59.3 Å². The van der Waals surface area contributed by atoms with Crippen LogP contribution >= 0.6 is 0 Å². The first kappa shape index (κ1) is 21.3. The van der Waals surface area contributed by atoms with Gasteiger partial charge in [-0.1, -0.05) is 23.8 Å². The Morgan fingerprint density at radius 3 is 2.68 bits per heavy atom. The van der Waals surface area contributed by atoms with Crippen LogP contribution in [0.3, 0.4) is 0 Å². The maximum absolute atomic E-state index is 12.9. The van der Waals surface area contributed by atoms with E-state index in [-0.39, 0.29) is 30.0 Å². The van der Waals surface area contributed by atoms with Crippen LogP contribution in [0.5, 0.6) is 0 Å².